The third-order valence-electron chi connectivity index (χ3n) is 4.81. The molecule has 10 heteroatoms. The maximum absolute atomic E-state index is 13.6. The van der Waals surface area contributed by atoms with Gasteiger partial charge in [0.25, 0.3) is 5.91 Å². The van der Waals surface area contributed by atoms with Crippen molar-refractivity contribution in [2.45, 2.75) is 24.2 Å². The highest BCUT2D eigenvalue weighted by molar-refractivity contribution is 7.89. The lowest BCUT2D eigenvalue weighted by Crippen LogP contribution is -2.35. The topological polar surface area (TPSA) is 102 Å². The fourth-order valence-electron chi connectivity index (χ4n) is 3.23. The predicted octanol–water partition coefficient (Wildman–Crippen LogP) is 2.80. The average molecular weight is 450 g/mol. The highest BCUT2D eigenvalue weighted by atomic mass is 32.2. The van der Waals surface area contributed by atoms with E-state index in [9.17, 15) is 22.4 Å². The predicted molar refractivity (Wildman–Crippen MR) is 111 cm³/mol. The summed E-state index contributed by atoms with van der Waals surface area (Å²) in [5, 5.41) is 2.48. The van der Waals surface area contributed by atoms with E-state index in [4.69, 9.17) is 9.47 Å². The molecule has 166 valence electrons. The number of carbonyl (C=O) groups is 2. The number of sulfonamides is 1. The van der Waals surface area contributed by atoms with Gasteiger partial charge in [0, 0.05) is 18.8 Å². The van der Waals surface area contributed by atoms with Gasteiger partial charge in [-0.3, -0.25) is 4.79 Å². The van der Waals surface area contributed by atoms with E-state index in [1.807, 2.05) is 0 Å². The molecule has 0 aliphatic carbocycles. The molecule has 0 aromatic heterocycles. The third kappa shape index (κ3) is 5.39. The normalized spacial score (nSPS) is 14.6. The Labute approximate surface area is 180 Å². The van der Waals surface area contributed by atoms with Crippen LogP contribution in [0, 0.1) is 5.82 Å². The lowest BCUT2D eigenvalue weighted by molar-refractivity contribution is -0.119. The van der Waals surface area contributed by atoms with Gasteiger partial charge in [-0.05, 0) is 43.2 Å². The summed E-state index contributed by atoms with van der Waals surface area (Å²) in [7, 11) is -2.43. The van der Waals surface area contributed by atoms with Gasteiger partial charge in [-0.2, -0.15) is 4.31 Å². The fourth-order valence-corrected chi connectivity index (χ4v) is 4.93. The number of nitrogens with zero attached hydrogens (tertiary/aromatic N) is 1. The van der Waals surface area contributed by atoms with Gasteiger partial charge in [-0.25, -0.2) is 17.6 Å². The summed E-state index contributed by atoms with van der Waals surface area (Å²) in [6.07, 6.45) is 2.54. The van der Waals surface area contributed by atoms with E-state index < -0.39 is 34.3 Å². The Hall–Kier alpha value is -2.98. The number of hydrogen-bond acceptors (Lipinski definition) is 6. The molecule has 0 radical (unpaired) electrons. The Balaban J connectivity index is 1.70. The molecular weight excluding hydrogens is 427 g/mol. The fraction of sp³-hybridized carbons (Fsp3) is 0.333. The number of benzene rings is 2. The minimum atomic E-state index is -3.80. The highest BCUT2D eigenvalue weighted by Gasteiger charge is 2.29. The summed E-state index contributed by atoms with van der Waals surface area (Å²) in [6, 6.07) is 9.48. The summed E-state index contributed by atoms with van der Waals surface area (Å²) in [5.74, 6) is -2.27. The second-order valence-corrected chi connectivity index (χ2v) is 8.84. The van der Waals surface area contributed by atoms with Crippen molar-refractivity contribution in [1.29, 1.82) is 0 Å². The Morgan fingerprint density at radius 1 is 1.10 bits per heavy atom. The summed E-state index contributed by atoms with van der Waals surface area (Å²) in [5.41, 5.74) is -0.0852. The molecule has 1 N–H and O–H groups in total. The lowest BCUT2D eigenvalue weighted by atomic mass is 10.2. The zero-order valence-electron chi connectivity index (χ0n) is 17.0. The molecule has 0 saturated carbocycles. The molecule has 1 aliphatic rings. The SMILES string of the molecule is COc1ccc(NC(=O)COC(=O)c2ccccc2F)cc1S(=O)(=O)N1CCCCC1. The average Bonchev–Trinajstić information content (AvgIpc) is 2.78. The molecule has 1 heterocycles. The molecule has 0 bridgehead atoms. The van der Waals surface area contributed by atoms with Gasteiger partial charge in [0.15, 0.2) is 6.61 Å². The first-order valence-electron chi connectivity index (χ1n) is 9.72. The molecule has 0 unspecified atom stereocenters. The number of ether oxygens (including phenoxy) is 2. The monoisotopic (exact) mass is 450 g/mol. The van der Waals surface area contributed by atoms with Crippen LogP contribution in [0.3, 0.4) is 0 Å². The molecule has 1 saturated heterocycles. The number of rotatable bonds is 7. The summed E-state index contributed by atoms with van der Waals surface area (Å²) < 4.78 is 51.1. The van der Waals surface area contributed by atoms with E-state index in [2.05, 4.69) is 5.32 Å². The largest absolute Gasteiger partial charge is 0.495 e. The highest BCUT2D eigenvalue weighted by Crippen LogP contribution is 2.31. The summed E-state index contributed by atoms with van der Waals surface area (Å²) in [6.45, 7) is 0.190. The van der Waals surface area contributed by atoms with Gasteiger partial charge < -0.3 is 14.8 Å². The van der Waals surface area contributed by atoms with Crippen LogP contribution in [0.1, 0.15) is 29.6 Å². The van der Waals surface area contributed by atoms with Crippen LogP contribution in [0.15, 0.2) is 47.4 Å². The van der Waals surface area contributed by atoms with E-state index in [0.29, 0.717) is 13.1 Å². The van der Waals surface area contributed by atoms with Crippen molar-refractivity contribution in [2.75, 3.05) is 32.1 Å². The van der Waals surface area contributed by atoms with Crippen LogP contribution < -0.4 is 10.1 Å². The molecule has 1 amide bonds. The molecule has 2 aromatic carbocycles. The van der Waals surface area contributed by atoms with Crippen LogP contribution in [0.5, 0.6) is 5.75 Å². The van der Waals surface area contributed by atoms with Crippen molar-refractivity contribution in [3.05, 3.63) is 53.8 Å². The number of anilines is 1. The minimum Gasteiger partial charge on any atom is -0.495 e. The van der Waals surface area contributed by atoms with E-state index in [1.54, 1.807) is 0 Å². The van der Waals surface area contributed by atoms with E-state index in [0.717, 1.165) is 25.3 Å². The smallest absolute Gasteiger partial charge is 0.341 e. The Bertz CT molecular complexity index is 1070. The first-order valence-corrected chi connectivity index (χ1v) is 11.2. The number of amides is 1. The van der Waals surface area contributed by atoms with Gasteiger partial charge in [0.2, 0.25) is 10.0 Å². The third-order valence-corrected chi connectivity index (χ3v) is 6.73. The minimum absolute atomic E-state index is 0.0574. The lowest BCUT2D eigenvalue weighted by Gasteiger charge is -2.26. The molecule has 2 aromatic rings. The summed E-state index contributed by atoms with van der Waals surface area (Å²) >= 11 is 0. The number of esters is 1. The second-order valence-electron chi connectivity index (χ2n) is 6.93. The van der Waals surface area contributed by atoms with E-state index in [1.165, 1.54) is 47.8 Å². The van der Waals surface area contributed by atoms with Gasteiger partial charge >= 0.3 is 5.97 Å². The maximum Gasteiger partial charge on any atom is 0.341 e. The van der Waals surface area contributed by atoms with Crippen molar-refractivity contribution < 1.29 is 31.9 Å². The molecule has 3 rings (SSSR count). The quantitative estimate of drug-likeness (QED) is 0.651. The van der Waals surface area contributed by atoms with Crippen molar-refractivity contribution in [1.82, 2.24) is 4.31 Å². The van der Waals surface area contributed by atoms with E-state index >= 15 is 0 Å². The number of halogens is 1. The maximum atomic E-state index is 13.6. The van der Waals surface area contributed by atoms with Gasteiger partial charge in [0.05, 0.1) is 12.7 Å². The zero-order valence-corrected chi connectivity index (χ0v) is 17.8. The first kappa shape index (κ1) is 22.7. The number of methoxy groups -OCH3 is 1. The molecule has 31 heavy (non-hydrogen) atoms. The van der Waals surface area contributed by atoms with Crippen molar-refractivity contribution in [3.8, 4) is 5.75 Å². The number of piperidine rings is 1. The molecule has 1 aliphatic heterocycles. The second kappa shape index (κ2) is 9.88. The molecule has 8 nitrogen and oxygen atoms in total. The van der Waals surface area contributed by atoms with Crippen LogP contribution in [0.4, 0.5) is 10.1 Å². The standard InChI is InChI=1S/C21H23FN2O6S/c1-29-18-10-9-15(13-19(18)31(27,28)24-11-5-2-6-12-24)23-20(25)14-30-21(26)16-7-3-4-8-17(16)22/h3-4,7-10,13H,2,5-6,11-12,14H2,1H3,(H,23,25). The van der Waals surface area contributed by atoms with Crippen LogP contribution in [-0.4, -0.2) is 51.4 Å². The first-order chi connectivity index (χ1) is 14.8. The van der Waals surface area contributed by atoms with Crippen LogP contribution in [0.2, 0.25) is 0 Å². The molecular formula is C21H23FN2O6S. The molecule has 0 spiro atoms. The Morgan fingerprint density at radius 3 is 2.48 bits per heavy atom. The van der Waals surface area contributed by atoms with Gasteiger partial charge in [-0.15, -0.1) is 0 Å². The number of carbonyl (C=O) groups excluding carboxylic acids is 2. The van der Waals surface area contributed by atoms with Crippen LogP contribution in [0.25, 0.3) is 0 Å². The summed E-state index contributed by atoms with van der Waals surface area (Å²) in [4.78, 5) is 24.0. The van der Waals surface area contributed by atoms with E-state index in [-0.39, 0.29) is 21.9 Å². The van der Waals surface area contributed by atoms with Crippen LogP contribution in [-0.2, 0) is 19.6 Å². The van der Waals surface area contributed by atoms with Crippen molar-refractivity contribution in [3.63, 3.8) is 0 Å². The number of nitrogens with one attached hydrogen (secondary N) is 1. The molecule has 1 fully saturated rings. The molecule has 0 atom stereocenters. The Morgan fingerprint density at radius 2 is 1.81 bits per heavy atom. The van der Waals surface area contributed by atoms with Crippen molar-refractivity contribution in [2.24, 2.45) is 0 Å². The van der Waals surface area contributed by atoms with Crippen LogP contribution >= 0.6 is 0 Å². The van der Waals surface area contributed by atoms with Gasteiger partial charge in [-0.1, -0.05) is 18.6 Å². The number of hydrogen-bond donors (Lipinski definition) is 1. The Kier molecular flexibility index (Phi) is 7.24. The zero-order chi connectivity index (χ0) is 22.4. The van der Waals surface area contributed by atoms with Crippen molar-refractivity contribution >= 4 is 27.6 Å². The van der Waals surface area contributed by atoms with Gasteiger partial charge in [0.1, 0.15) is 16.5 Å².